The number of rotatable bonds is 4. The number of aromatic amines is 1. The van der Waals surface area contributed by atoms with Gasteiger partial charge in [0.05, 0.1) is 11.0 Å². The number of hydrogen-bond acceptors (Lipinski definition) is 5. The van der Waals surface area contributed by atoms with Crippen LogP contribution in [-0.2, 0) is 6.54 Å². The number of nitrogens with two attached hydrogens (primary N) is 1. The molecule has 0 atom stereocenters. The molecule has 0 spiro atoms. The van der Waals surface area contributed by atoms with E-state index in [9.17, 15) is 9.59 Å². The highest BCUT2D eigenvalue weighted by molar-refractivity contribution is 5.87. The lowest BCUT2D eigenvalue weighted by Crippen LogP contribution is -2.21. The third-order valence-corrected chi connectivity index (χ3v) is 3.24. The van der Waals surface area contributed by atoms with E-state index in [0.717, 1.165) is 0 Å². The quantitative estimate of drug-likeness (QED) is 0.671. The van der Waals surface area contributed by atoms with Crippen LogP contribution < -0.4 is 21.5 Å². The first-order valence-corrected chi connectivity index (χ1v) is 6.99. The SMILES string of the molecule is NCCn1c(=O)[nH]c2ccc(OC(=O)Nc3ccncc3)cc21. The summed E-state index contributed by atoms with van der Waals surface area (Å²) in [6.07, 6.45) is 2.50. The van der Waals surface area contributed by atoms with Crippen LogP contribution in [0.3, 0.4) is 0 Å². The Hall–Kier alpha value is -3.13. The second-order valence-corrected chi connectivity index (χ2v) is 4.80. The largest absolute Gasteiger partial charge is 0.417 e. The highest BCUT2D eigenvalue weighted by Gasteiger charge is 2.10. The number of ether oxygens (including phenoxy) is 1. The number of aromatic nitrogens is 3. The number of imidazole rings is 1. The number of nitrogens with zero attached hydrogens (tertiary/aromatic N) is 2. The number of hydrogen-bond donors (Lipinski definition) is 3. The van der Waals surface area contributed by atoms with Crippen LogP contribution in [0.25, 0.3) is 11.0 Å². The Morgan fingerprint density at radius 3 is 2.83 bits per heavy atom. The van der Waals surface area contributed by atoms with Gasteiger partial charge in [-0.2, -0.15) is 0 Å². The molecule has 1 amide bonds. The summed E-state index contributed by atoms with van der Waals surface area (Å²) in [5.74, 6) is 0.328. The van der Waals surface area contributed by atoms with Crippen molar-refractivity contribution in [2.45, 2.75) is 6.54 Å². The molecule has 0 saturated carbocycles. The molecule has 0 radical (unpaired) electrons. The number of nitrogens with one attached hydrogen (secondary N) is 2. The third kappa shape index (κ3) is 3.22. The minimum atomic E-state index is -0.626. The Kier molecular flexibility index (Phi) is 4.07. The summed E-state index contributed by atoms with van der Waals surface area (Å²) in [7, 11) is 0. The van der Waals surface area contributed by atoms with Gasteiger partial charge in [-0.15, -0.1) is 0 Å². The number of carbonyl (C=O) groups excluding carboxylic acids is 1. The highest BCUT2D eigenvalue weighted by atomic mass is 16.6. The van der Waals surface area contributed by atoms with Crippen LogP contribution in [-0.4, -0.2) is 27.2 Å². The predicted octanol–water partition coefficient (Wildman–Crippen LogP) is 1.29. The van der Waals surface area contributed by atoms with Gasteiger partial charge in [-0.1, -0.05) is 0 Å². The summed E-state index contributed by atoms with van der Waals surface area (Å²) in [5.41, 5.74) is 7.13. The molecule has 0 fully saturated rings. The number of pyridine rings is 1. The summed E-state index contributed by atoms with van der Waals surface area (Å²) in [4.78, 5) is 30.3. The summed E-state index contributed by atoms with van der Waals surface area (Å²) >= 11 is 0. The van der Waals surface area contributed by atoms with Gasteiger partial charge in [0.2, 0.25) is 0 Å². The van der Waals surface area contributed by atoms with E-state index in [4.69, 9.17) is 10.5 Å². The first kappa shape index (κ1) is 14.8. The van der Waals surface area contributed by atoms with Crippen molar-refractivity contribution < 1.29 is 9.53 Å². The standard InChI is InChI=1S/C15H15N5O3/c16-5-8-20-13-9-11(1-2-12(13)19-14(20)21)23-15(22)18-10-3-6-17-7-4-10/h1-4,6-7,9H,5,8,16H2,(H,19,21)(H,17,18,22). The monoisotopic (exact) mass is 313 g/mol. The van der Waals surface area contributed by atoms with Gasteiger partial charge < -0.3 is 15.5 Å². The van der Waals surface area contributed by atoms with Gasteiger partial charge in [-0.25, -0.2) is 9.59 Å². The lowest BCUT2D eigenvalue weighted by Gasteiger charge is -2.07. The van der Waals surface area contributed by atoms with Crippen molar-refractivity contribution in [2.24, 2.45) is 5.73 Å². The zero-order chi connectivity index (χ0) is 16.2. The number of anilines is 1. The van der Waals surface area contributed by atoms with Crippen molar-refractivity contribution in [3.63, 3.8) is 0 Å². The van der Waals surface area contributed by atoms with Gasteiger partial charge in [0.1, 0.15) is 5.75 Å². The van der Waals surface area contributed by atoms with Crippen molar-refractivity contribution in [3.05, 3.63) is 53.2 Å². The smallest absolute Gasteiger partial charge is 0.410 e. The fraction of sp³-hybridized carbons (Fsp3) is 0.133. The van der Waals surface area contributed by atoms with E-state index in [1.807, 2.05) is 0 Å². The number of fused-ring (bicyclic) bond motifs is 1. The van der Waals surface area contributed by atoms with Crippen molar-refractivity contribution >= 4 is 22.8 Å². The number of benzene rings is 1. The fourth-order valence-electron chi connectivity index (χ4n) is 2.23. The molecule has 4 N–H and O–H groups in total. The maximum absolute atomic E-state index is 11.9. The first-order chi connectivity index (χ1) is 11.2. The average Bonchev–Trinajstić information content (AvgIpc) is 2.84. The average molecular weight is 313 g/mol. The van der Waals surface area contributed by atoms with Gasteiger partial charge >= 0.3 is 11.8 Å². The van der Waals surface area contributed by atoms with E-state index < -0.39 is 6.09 Å². The van der Waals surface area contributed by atoms with Crippen LogP contribution in [0.1, 0.15) is 0 Å². The summed E-state index contributed by atoms with van der Waals surface area (Å²) < 4.78 is 6.74. The minimum absolute atomic E-state index is 0.246. The van der Waals surface area contributed by atoms with Gasteiger partial charge in [0.25, 0.3) is 0 Å². The molecule has 0 aliphatic carbocycles. The number of H-pyrrole nitrogens is 1. The van der Waals surface area contributed by atoms with Gasteiger partial charge in [-0.3, -0.25) is 14.9 Å². The molecule has 1 aromatic carbocycles. The molecule has 0 unspecified atom stereocenters. The Bertz CT molecular complexity index is 885. The van der Waals surface area contributed by atoms with E-state index in [2.05, 4.69) is 15.3 Å². The van der Waals surface area contributed by atoms with Crippen LogP contribution in [0.5, 0.6) is 5.75 Å². The van der Waals surface area contributed by atoms with Crippen molar-refractivity contribution in [1.82, 2.24) is 14.5 Å². The summed E-state index contributed by atoms with van der Waals surface area (Å²) in [6.45, 7) is 0.714. The van der Waals surface area contributed by atoms with Crippen molar-refractivity contribution in [2.75, 3.05) is 11.9 Å². The zero-order valence-corrected chi connectivity index (χ0v) is 12.2. The predicted molar refractivity (Wildman–Crippen MR) is 85.5 cm³/mol. The number of amides is 1. The summed E-state index contributed by atoms with van der Waals surface area (Å²) in [6, 6.07) is 8.20. The Labute approximate surface area is 130 Å². The Morgan fingerprint density at radius 1 is 1.30 bits per heavy atom. The first-order valence-electron chi connectivity index (χ1n) is 6.99. The van der Waals surface area contributed by atoms with E-state index in [1.54, 1.807) is 42.7 Å². The summed E-state index contributed by atoms with van der Waals surface area (Å²) in [5, 5.41) is 2.59. The topological polar surface area (TPSA) is 115 Å². The van der Waals surface area contributed by atoms with Gasteiger partial charge in [-0.05, 0) is 24.3 Å². The molecule has 3 aromatic rings. The second-order valence-electron chi connectivity index (χ2n) is 4.80. The van der Waals surface area contributed by atoms with E-state index in [-0.39, 0.29) is 5.69 Å². The van der Waals surface area contributed by atoms with Crippen molar-refractivity contribution in [1.29, 1.82) is 0 Å². The van der Waals surface area contributed by atoms with Crippen LogP contribution in [0, 0.1) is 0 Å². The maximum Gasteiger partial charge on any atom is 0.417 e. The van der Waals surface area contributed by atoms with E-state index in [0.29, 0.717) is 35.6 Å². The van der Waals surface area contributed by atoms with Crippen LogP contribution >= 0.6 is 0 Å². The molecule has 0 saturated heterocycles. The second kappa shape index (κ2) is 6.32. The van der Waals surface area contributed by atoms with Gasteiger partial charge in [0.15, 0.2) is 0 Å². The molecule has 118 valence electrons. The molecular weight excluding hydrogens is 298 g/mol. The zero-order valence-electron chi connectivity index (χ0n) is 12.2. The van der Waals surface area contributed by atoms with Crippen molar-refractivity contribution in [3.8, 4) is 5.75 Å². The van der Waals surface area contributed by atoms with E-state index in [1.165, 1.54) is 4.57 Å². The van der Waals surface area contributed by atoms with Crippen LogP contribution in [0.4, 0.5) is 10.5 Å². The molecule has 8 nitrogen and oxygen atoms in total. The molecule has 0 bridgehead atoms. The minimum Gasteiger partial charge on any atom is -0.410 e. The molecule has 23 heavy (non-hydrogen) atoms. The molecule has 8 heteroatoms. The lowest BCUT2D eigenvalue weighted by molar-refractivity contribution is 0.215. The Balaban J connectivity index is 1.81. The van der Waals surface area contributed by atoms with Crippen LogP contribution in [0.15, 0.2) is 47.5 Å². The number of carbonyl (C=O) groups is 1. The Morgan fingerprint density at radius 2 is 2.09 bits per heavy atom. The third-order valence-electron chi connectivity index (χ3n) is 3.24. The molecule has 2 aromatic heterocycles. The van der Waals surface area contributed by atoms with Gasteiger partial charge in [0, 0.05) is 37.2 Å². The molecular formula is C15H15N5O3. The molecule has 2 heterocycles. The van der Waals surface area contributed by atoms with Crippen LogP contribution in [0.2, 0.25) is 0 Å². The highest BCUT2D eigenvalue weighted by Crippen LogP contribution is 2.19. The molecule has 0 aliphatic heterocycles. The fourth-order valence-corrected chi connectivity index (χ4v) is 2.23. The molecule has 0 aliphatic rings. The molecule has 3 rings (SSSR count). The lowest BCUT2D eigenvalue weighted by atomic mass is 10.3. The normalized spacial score (nSPS) is 10.7. The van der Waals surface area contributed by atoms with E-state index >= 15 is 0 Å². The maximum atomic E-state index is 11.9.